The highest BCUT2D eigenvalue weighted by Crippen LogP contribution is 2.14. The maximum absolute atomic E-state index is 4.17. The van der Waals surface area contributed by atoms with E-state index in [9.17, 15) is 0 Å². The predicted molar refractivity (Wildman–Crippen MR) is 70.2 cm³/mol. The molecule has 0 fully saturated rings. The number of fused-ring (bicyclic) bond motifs is 1. The lowest BCUT2D eigenvalue weighted by Crippen LogP contribution is -2.22. The summed E-state index contributed by atoms with van der Waals surface area (Å²) in [5.41, 5.74) is 3.06. The summed E-state index contributed by atoms with van der Waals surface area (Å²) in [6.45, 7) is 0.657. The van der Waals surface area contributed by atoms with E-state index in [1.54, 1.807) is 12.4 Å². The third-order valence-electron chi connectivity index (χ3n) is 2.87. The molecule has 0 N–H and O–H groups in total. The first-order chi connectivity index (χ1) is 8.84. The van der Waals surface area contributed by atoms with Crippen LogP contribution in [0, 0.1) is 0 Å². The lowest BCUT2D eigenvalue weighted by molar-refractivity contribution is 0.600. The van der Waals surface area contributed by atoms with Crippen LogP contribution in [0.25, 0.3) is 11.0 Å². The van der Waals surface area contributed by atoms with Crippen molar-refractivity contribution < 1.29 is 0 Å². The molecule has 3 aromatic rings. The molecule has 2 heterocycles. The van der Waals surface area contributed by atoms with Crippen molar-refractivity contribution in [2.24, 2.45) is 0 Å². The maximum atomic E-state index is 4.17. The average Bonchev–Trinajstić information content (AvgIpc) is 2.83. The number of rotatable bonds is 3. The first-order valence-corrected chi connectivity index (χ1v) is 5.74. The minimum absolute atomic E-state index is 0.657. The predicted octanol–water partition coefficient (Wildman–Crippen LogP) is 1.92. The molecule has 0 saturated heterocycles. The van der Waals surface area contributed by atoms with Crippen LogP contribution in [-0.2, 0) is 6.67 Å². The Balaban J connectivity index is 1.89. The van der Waals surface area contributed by atoms with Crippen LogP contribution in [0.3, 0.4) is 0 Å². The molecule has 0 bridgehead atoms. The molecular formula is C13H13N5. The summed E-state index contributed by atoms with van der Waals surface area (Å²) in [5.74, 6) is 0. The van der Waals surface area contributed by atoms with Crippen LogP contribution in [0.4, 0.5) is 5.69 Å². The van der Waals surface area contributed by atoms with Crippen molar-refractivity contribution in [3.63, 3.8) is 0 Å². The Morgan fingerprint density at radius 2 is 1.89 bits per heavy atom. The second-order valence-corrected chi connectivity index (χ2v) is 4.12. The fraction of sp³-hybridized carbons (Fsp3) is 0.154. The topological polar surface area (TPSA) is 46.8 Å². The van der Waals surface area contributed by atoms with Gasteiger partial charge in [0.15, 0.2) is 0 Å². The molecule has 90 valence electrons. The van der Waals surface area contributed by atoms with Crippen LogP contribution in [0.2, 0.25) is 0 Å². The highest BCUT2D eigenvalue weighted by Gasteiger charge is 2.06. The van der Waals surface area contributed by atoms with Gasteiger partial charge in [0.05, 0.1) is 5.52 Å². The lowest BCUT2D eigenvalue weighted by atomic mass is 10.3. The summed E-state index contributed by atoms with van der Waals surface area (Å²) < 4.78 is 1.88. The van der Waals surface area contributed by atoms with Crippen LogP contribution < -0.4 is 4.90 Å². The molecule has 0 atom stereocenters. The summed E-state index contributed by atoms with van der Waals surface area (Å²) in [7, 11) is 2.02. The molecule has 0 radical (unpaired) electrons. The Hall–Kier alpha value is -2.43. The molecule has 5 heteroatoms. The largest absolute Gasteiger partial charge is 0.355 e. The van der Waals surface area contributed by atoms with Crippen LogP contribution in [0.1, 0.15) is 0 Å². The molecule has 2 aromatic heterocycles. The zero-order valence-electron chi connectivity index (χ0n) is 10.1. The van der Waals surface area contributed by atoms with E-state index in [-0.39, 0.29) is 0 Å². The molecule has 1 aromatic carbocycles. The molecule has 3 rings (SSSR count). The third-order valence-corrected chi connectivity index (χ3v) is 2.87. The van der Waals surface area contributed by atoms with E-state index in [2.05, 4.69) is 20.2 Å². The SMILES string of the molecule is CN(Cn1nnc2ccccc21)c1ccncc1. The summed E-state index contributed by atoms with van der Waals surface area (Å²) in [4.78, 5) is 6.11. The second-order valence-electron chi connectivity index (χ2n) is 4.12. The van der Waals surface area contributed by atoms with E-state index in [0.29, 0.717) is 6.67 Å². The van der Waals surface area contributed by atoms with Gasteiger partial charge in [-0.1, -0.05) is 17.3 Å². The molecule has 18 heavy (non-hydrogen) atoms. The van der Waals surface area contributed by atoms with Gasteiger partial charge < -0.3 is 4.90 Å². The van der Waals surface area contributed by atoms with Gasteiger partial charge in [-0.2, -0.15) is 0 Å². The Kier molecular flexibility index (Phi) is 2.64. The minimum atomic E-state index is 0.657. The van der Waals surface area contributed by atoms with Crippen molar-refractivity contribution in [3.05, 3.63) is 48.8 Å². The Bertz CT molecular complexity index is 647. The number of para-hydroxylation sites is 1. The van der Waals surface area contributed by atoms with Gasteiger partial charge in [-0.15, -0.1) is 5.10 Å². The standard InChI is InChI=1S/C13H13N5/c1-17(11-6-8-14-9-7-11)10-18-13-5-3-2-4-12(13)15-16-18/h2-9H,10H2,1H3. The first kappa shape index (κ1) is 10.7. The Morgan fingerprint density at radius 3 is 2.72 bits per heavy atom. The number of pyridine rings is 1. The number of anilines is 1. The number of benzene rings is 1. The zero-order chi connectivity index (χ0) is 12.4. The normalized spacial score (nSPS) is 10.7. The first-order valence-electron chi connectivity index (χ1n) is 5.74. The van der Waals surface area contributed by atoms with Crippen molar-refractivity contribution in [3.8, 4) is 0 Å². The van der Waals surface area contributed by atoms with E-state index >= 15 is 0 Å². The van der Waals surface area contributed by atoms with E-state index in [0.717, 1.165) is 16.7 Å². The summed E-state index contributed by atoms with van der Waals surface area (Å²) in [6.07, 6.45) is 3.57. The van der Waals surface area contributed by atoms with Crippen molar-refractivity contribution >= 4 is 16.7 Å². The molecule has 0 unspecified atom stereocenters. The monoisotopic (exact) mass is 239 g/mol. The Morgan fingerprint density at radius 1 is 1.11 bits per heavy atom. The van der Waals surface area contributed by atoms with E-state index < -0.39 is 0 Å². The molecule has 0 saturated carbocycles. The number of hydrogen-bond acceptors (Lipinski definition) is 4. The van der Waals surface area contributed by atoms with Gasteiger partial charge in [0.1, 0.15) is 12.2 Å². The fourth-order valence-corrected chi connectivity index (χ4v) is 1.90. The van der Waals surface area contributed by atoms with Crippen LogP contribution in [0.15, 0.2) is 48.8 Å². The van der Waals surface area contributed by atoms with Crippen LogP contribution in [-0.4, -0.2) is 27.0 Å². The van der Waals surface area contributed by atoms with Gasteiger partial charge in [0, 0.05) is 25.1 Å². The molecular weight excluding hydrogens is 226 g/mol. The van der Waals surface area contributed by atoms with Crippen molar-refractivity contribution in [1.82, 2.24) is 20.0 Å². The molecule has 5 nitrogen and oxygen atoms in total. The average molecular weight is 239 g/mol. The summed E-state index contributed by atoms with van der Waals surface area (Å²) in [6, 6.07) is 11.9. The fourth-order valence-electron chi connectivity index (χ4n) is 1.90. The van der Waals surface area contributed by atoms with E-state index in [4.69, 9.17) is 0 Å². The minimum Gasteiger partial charge on any atom is -0.355 e. The molecule has 0 aliphatic rings. The highest BCUT2D eigenvalue weighted by atomic mass is 15.5. The van der Waals surface area contributed by atoms with Crippen LogP contribution >= 0.6 is 0 Å². The molecule has 0 aliphatic carbocycles. The number of nitrogens with zero attached hydrogens (tertiary/aromatic N) is 5. The molecule has 0 amide bonds. The second kappa shape index (κ2) is 4.44. The summed E-state index contributed by atoms with van der Waals surface area (Å²) >= 11 is 0. The van der Waals surface area contributed by atoms with E-state index in [1.165, 1.54) is 0 Å². The number of hydrogen-bond donors (Lipinski definition) is 0. The van der Waals surface area contributed by atoms with Gasteiger partial charge in [-0.05, 0) is 24.3 Å². The summed E-state index contributed by atoms with van der Waals surface area (Å²) in [5, 5.41) is 8.31. The Labute approximate surface area is 105 Å². The van der Waals surface area contributed by atoms with Gasteiger partial charge in [0.25, 0.3) is 0 Å². The van der Waals surface area contributed by atoms with Gasteiger partial charge in [-0.25, -0.2) is 4.68 Å². The lowest BCUT2D eigenvalue weighted by Gasteiger charge is -2.18. The number of aromatic nitrogens is 4. The third kappa shape index (κ3) is 1.90. The molecule has 0 aliphatic heterocycles. The van der Waals surface area contributed by atoms with E-state index in [1.807, 2.05) is 48.1 Å². The van der Waals surface area contributed by atoms with Gasteiger partial charge >= 0.3 is 0 Å². The van der Waals surface area contributed by atoms with Crippen molar-refractivity contribution in [1.29, 1.82) is 0 Å². The van der Waals surface area contributed by atoms with Gasteiger partial charge in [0.2, 0.25) is 0 Å². The zero-order valence-corrected chi connectivity index (χ0v) is 10.1. The highest BCUT2D eigenvalue weighted by molar-refractivity contribution is 5.73. The van der Waals surface area contributed by atoms with Crippen LogP contribution in [0.5, 0.6) is 0 Å². The van der Waals surface area contributed by atoms with Gasteiger partial charge in [-0.3, -0.25) is 4.98 Å². The van der Waals surface area contributed by atoms with Crippen molar-refractivity contribution in [2.75, 3.05) is 11.9 Å². The maximum Gasteiger partial charge on any atom is 0.114 e. The quantitative estimate of drug-likeness (QED) is 0.700. The molecule has 0 spiro atoms. The van der Waals surface area contributed by atoms with Crippen molar-refractivity contribution in [2.45, 2.75) is 6.67 Å². The smallest absolute Gasteiger partial charge is 0.114 e.